The molecule has 0 saturated carbocycles. The summed E-state index contributed by atoms with van der Waals surface area (Å²) in [4.78, 5) is 4.74. The third kappa shape index (κ3) is 2.35. The van der Waals surface area contributed by atoms with Gasteiger partial charge in [-0.2, -0.15) is 0 Å². The van der Waals surface area contributed by atoms with Gasteiger partial charge >= 0.3 is 0 Å². The number of halogens is 2. The number of nitrogens with zero attached hydrogens (tertiary/aromatic N) is 4. The Balaban J connectivity index is 2.06. The van der Waals surface area contributed by atoms with Crippen LogP contribution in [-0.2, 0) is 6.54 Å². The average Bonchev–Trinajstić information content (AvgIpc) is 2.91. The Hall–Kier alpha value is -2.17. The van der Waals surface area contributed by atoms with Crippen molar-refractivity contribution in [2.75, 3.05) is 0 Å². The standard InChI is InChI=1S/C17H12Cl2N4/c1-10-6-11(18)7-13-16(12-4-2-3-5-14(12)19)20-8-15-22-21-9-23(15)17(10)13/h2-7,9H,8H2,1H3. The molecular weight excluding hydrogens is 331 g/mol. The van der Waals surface area contributed by atoms with E-state index in [1.165, 1.54) is 0 Å². The summed E-state index contributed by atoms with van der Waals surface area (Å²) in [5.74, 6) is 0.790. The van der Waals surface area contributed by atoms with Crippen molar-refractivity contribution >= 4 is 28.9 Å². The predicted molar refractivity (Wildman–Crippen MR) is 91.9 cm³/mol. The molecule has 0 unspecified atom stereocenters. The normalized spacial score (nSPS) is 13.1. The second-order valence-corrected chi connectivity index (χ2v) is 6.22. The van der Waals surface area contributed by atoms with Gasteiger partial charge in [0.25, 0.3) is 0 Å². The summed E-state index contributed by atoms with van der Waals surface area (Å²) in [6, 6.07) is 11.5. The lowest BCUT2D eigenvalue weighted by Crippen LogP contribution is -2.09. The van der Waals surface area contributed by atoms with Crippen molar-refractivity contribution in [2.24, 2.45) is 4.99 Å². The maximum absolute atomic E-state index is 6.39. The van der Waals surface area contributed by atoms with E-state index in [-0.39, 0.29) is 0 Å². The first-order valence-corrected chi connectivity index (χ1v) is 7.90. The maximum Gasteiger partial charge on any atom is 0.159 e. The molecule has 1 aliphatic rings. The van der Waals surface area contributed by atoms with Crippen LogP contribution < -0.4 is 0 Å². The SMILES string of the molecule is Cc1cc(Cl)cc2c1-n1cnnc1CN=C2c1ccccc1Cl. The second kappa shape index (κ2) is 5.48. The van der Waals surface area contributed by atoms with Gasteiger partial charge in [-0.05, 0) is 30.7 Å². The first-order chi connectivity index (χ1) is 11.1. The number of aromatic nitrogens is 3. The van der Waals surface area contributed by atoms with Crippen molar-refractivity contribution in [1.29, 1.82) is 0 Å². The Bertz CT molecular complexity index is 944. The minimum atomic E-state index is 0.437. The van der Waals surface area contributed by atoms with E-state index in [9.17, 15) is 0 Å². The quantitative estimate of drug-likeness (QED) is 0.663. The van der Waals surface area contributed by atoms with E-state index in [4.69, 9.17) is 28.2 Å². The van der Waals surface area contributed by atoms with Crippen LogP contribution in [0.25, 0.3) is 5.69 Å². The lowest BCUT2D eigenvalue weighted by atomic mass is 9.98. The molecule has 0 atom stereocenters. The van der Waals surface area contributed by atoms with Gasteiger partial charge in [-0.3, -0.25) is 9.56 Å². The summed E-state index contributed by atoms with van der Waals surface area (Å²) >= 11 is 12.7. The van der Waals surface area contributed by atoms with E-state index in [0.717, 1.165) is 33.9 Å². The van der Waals surface area contributed by atoms with Crippen molar-refractivity contribution in [3.05, 3.63) is 75.3 Å². The fraction of sp³-hybridized carbons (Fsp3) is 0.118. The minimum absolute atomic E-state index is 0.437. The molecule has 0 bridgehead atoms. The topological polar surface area (TPSA) is 43.1 Å². The van der Waals surface area contributed by atoms with Crippen molar-refractivity contribution in [2.45, 2.75) is 13.5 Å². The molecule has 0 radical (unpaired) electrons. The molecule has 0 aliphatic carbocycles. The zero-order valence-corrected chi connectivity index (χ0v) is 13.8. The van der Waals surface area contributed by atoms with Crippen molar-refractivity contribution in [3.8, 4) is 5.69 Å². The number of aliphatic imine (C=N–C) groups is 1. The number of hydrogen-bond donors (Lipinski definition) is 0. The second-order valence-electron chi connectivity index (χ2n) is 5.38. The van der Waals surface area contributed by atoms with Gasteiger partial charge < -0.3 is 0 Å². The molecule has 4 rings (SSSR count). The average molecular weight is 343 g/mol. The van der Waals surface area contributed by atoms with Crippen LogP contribution in [0.4, 0.5) is 0 Å². The number of rotatable bonds is 1. The van der Waals surface area contributed by atoms with Gasteiger partial charge in [0.1, 0.15) is 12.9 Å². The van der Waals surface area contributed by atoms with Crippen LogP contribution in [0.1, 0.15) is 22.5 Å². The fourth-order valence-corrected chi connectivity index (χ4v) is 3.41. The van der Waals surface area contributed by atoms with Crippen LogP contribution in [-0.4, -0.2) is 20.5 Å². The van der Waals surface area contributed by atoms with Crippen molar-refractivity contribution in [3.63, 3.8) is 0 Å². The zero-order valence-electron chi connectivity index (χ0n) is 12.3. The van der Waals surface area contributed by atoms with Gasteiger partial charge in [-0.15, -0.1) is 10.2 Å². The first kappa shape index (κ1) is 14.4. The summed E-state index contributed by atoms with van der Waals surface area (Å²) < 4.78 is 1.97. The summed E-state index contributed by atoms with van der Waals surface area (Å²) in [6.07, 6.45) is 1.71. The van der Waals surface area contributed by atoms with Gasteiger partial charge in [-0.25, -0.2) is 0 Å². The van der Waals surface area contributed by atoms with E-state index in [2.05, 4.69) is 10.2 Å². The highest BCUT2D eigenvalue weighted by molar-refractivity contribution is 6.36. The number of benzene rings is 2. The van der Waals surface area contributed by atoms with Crippen molar-refractivity contribution < 1.29 is 0 Å². The van der Waals surface area contributed by atoms with E-state index < -0.39 is 0 Å². The Morgan fingerprint density at radius 1 is 1.09 bits per heavy atom. The molecule has 0 saturated heterocycles. The molecule has 2 aromatic carbocycles. The van der Waals surface area contributed by atoms with E-state index in [0.29, 0.717) is 16.6 Å². The molecule has 114 valence electrons. The molecule has 1 aromatic heterocycles. The molecule has 0 amide bonds. The number of hydrogen-bond acceptors (Lipinski definition) is 3. The highest BCUT2D eigenvalue weighted by Crippen LogP contribution is 2.31. The Morgan fingerprint density at radius 3 is 2.74 bits per heavy atom. The third-order valence-electron chi connectivity index (χ3n) is 3.89. The molecule has 0 N–H and O–H groups in total. The highest BCUT2D eigenvalue weighted by Gasteiger charge is 2.23. The number of fused-ring (bicyclic) bond motifs is 3. The summed E-state index contributed by atoms with van der Waals surface area (Å²) in [6.45, 7) is 2.45. The zero-order chi connectivity index (χ0) is 16.0. The van der Waals surface area contributed by atoms with E-state index in [1.54, 1.807) is 6.33 Å². The van der Waals surface area contributed by atoms with Gasteiger partial charge in [0.05, 0.1) is 11.4 Å². The fourth-order valence-electron chi connectivity index (χ4n) is 2.91. The first-order valence-electron chi connectivity index (χ1n) is 7.14. The molecule has 6 heteroatoms. The van der Waals surface area contributed by atoms with Crippen LogP contribution in [0.15, 0.2) is 47.7 Å². The van der Waals surface area contributed by atoms with Crippen LogP contribution in [0, 0.1) is 6.92 Å². The van der Waals surface area contributed by atoms with Crippen LogP contribution in [0.5, 0.6) is 0 Å². The van der Waals surface area contributed by atoms with Crippen LogP contribution in [0.2, 0.25) is 10.0 Å². The maximum atomic E-state index is 6.39. The molecule has 0 spiro atoms. The Kier molecular flexibility index (Phi) is 3.43. The van der Waals surface area contributed by atoms with Gasteiger partial charge in [0.15, 0.2) is 5.82 Å². The smallest absolute Gasteiger partial charge is 0.159 e. The molecule has 0 fully saturated rings. The third-order valence-corrected chi connectivity index (χ3v) is 4.44. The van der Waals surface area contributed by atoms with Gasteiger partial charge in [0.2, 0.25) is 0 Å². The summed E-state index contributed by atoms with van der Waals surface area (Å²) in [5, 5.41) is 9.50. The molecule has 4 nitrogen and oxygen atoms in total. The molecule has 2 heterocycles. The lowest BCUT2D eigenvalue weighted by molar-refractivity contribution is 0.867. The lowest BCUT2D eigenvalue weighted by Gasteiger charge is -2.15. The molecule has 23 heavy (non-hydrogen) atoms. The summed E-state index contributed by atoms with van der Waals surface area (Å²) in [5.41, 5.74) is 4.67. The van der Waals surface area contributed by atoms with Crippen LogP contribution in [0.3, 0.4) is 0 Å². The van der Waals surface area contributed by atoms with Crippen molar-refractivity contribution in [1.82, 2.24) is 14.8 Å². The highest BCUT2D eigenvalue weighted by atomic mass is 35.5. The molecular formula is C17H12Cl2N4. The van der Waals surface area contributed by atoms with Gasteiger partial charge in [0, 0.05) is 21.2 Å². The largest absolute Gasteiger partial charge is 0.283 e. The van der Waals surface area contributed by atoms with E-state index in [1.807, 2.05) is 47.9 Å². The molecule has 3 aromatic rings. The van der Waals surface area contributed by atoms with Crippen LogP contribution >= 0.6 is 23.2 Å². The Labute approximate surface area is 143 Å². The summed E-state index contributed by atoms with van der Waals surface area (Å²) in [7, 11) is 0. The minimum Gasteiger partial charge on any atom is -0.283 e. The van der Waals surface area contributed by atoms with Gasteiger partial charge in [-0.1, -0.05) is 41.4 Å². The molecule has 1 aliphatic heterocycles. The monoisotopic (exact) mass is 342 g/mol. The predicted octanol–water partition coefficient (Wildman–Crippen LogP) is 4.23. The van der Waals surface area contributed by atoms with E-state index >= 15 is 0 Å². The Morgan fingerprint density at radius 2 is 1.91 bits per heavy atom. The number of aryl methyl sites for hydroxylation is 1.